The highest BCUT2D eigenvalue weighted by molar-refractivity contribution is 5.71. The second-order valence-corrected chi connectivity index (χ2v) is 5.27. The summed E-state index contributed by atoms with van der Waals surface area (Å²) in [7, 11) is 0. The van der Waals surface area contributed by atoms with Crippen molar-refractivity contribution in [2.45, 2.75) is 25.7 Å². The normalized spacial score (nSPS) is 18.4. The van der Waals surface area contributed by atoms with Crippen molar-refractivity contribution in [2.24, 2.45) is 0 Å². The summed E-state index contributed by atoms with van der Waals surface area (Å²) in [6.07, 6.45) is 9.36. The van der Waals surface area contributed by atoms with Gasteiger partial charge in [0.1, 0.15) is 0 Å². The summed E-state index contributed by atoms with van der Waals surface area (Å²) in [6.45, 7) is 0. The third-order valence-corrected chi connectivity index (χ3v) is 3.90. The summed E-state index contributed by atoms with van der Waals surface area (Å²) in [6, 6.07) is 21.6. The summed E-state index contributed by atoms with van der Waals surface area (Å²) < 4.78 is 0. The monoisotopic (exact) mass is 260 g/mol. The molecular formula is C20H20. The predicted molar refractivity (Wildman–Crippen MR) is 87.3 cm³/mol. The largest absolute Gasteiger partial charge is 0.0804 e. The van der Waals surface area contributed by atoms with E-state index in [1.165, 1.54) is 22.3 Å². The predicted octanol–water partition coefficient (Wildman–Crippen LogP) is 5.73. The molecule has 0 N–H and O–H groups in total. The van der Waals surface area contributed by atoms with Crippen molar-refractivity contribution in [3.05, 3.63) is 83.9 Å². The minimum Gasteiger partial charge on any atom is -0.0804 e. The highest BCUT2D eigenvalue weighted by atomic mass is 14.1. The summed E-state index contributed by atoms with van der Waals surface area (Å²) >= 11 is 0. The van der Waals surface area contributed by atoms with Crippen molar-refractivity contribution < 1.29 is 0 Å². The van der Waals surface area contributed by atoms with E-state index in [9.17, 15) is 0 Å². The fourth-order valence-corrected chi connectivity index (χ4v) is 2.82. The van der Waals surface area contributed by atoms with E-state index in [2.05, 4.69) is 72.8 Å². The molecule has 0 spiro atoms. The van der Waals surface area contributed by atoms with Gasteiger partial charge in [-0.15, -0.1) is 0 Å². The van der Waals surface area contributed by atoms with Gasteiger partial charge in [0.05, 0.1) is 0 Å². The van der Waals surface area contributed by atoms with Gasteiger partial charge in [0.25, 0.3) is 0 Å². The van der Waals surface area contributed by atoms with Crippen molar-refractivity contribution >= 4 is 11.1 Å². The van der Waals surface area contributed by atoms with Crippen LogP contribution in [0.5, 0.6) is 0 Å². The van der Waals surface area contributed by atoms with Crippen LogP contribution in [0, 0.1) is 0 Å². The molecule has 0 fully saturated rings. The lowest BCUT2D eigenvalue weighted by molar-refractivity contribution is 0.987. The van der Waals surface area contributed by atoms with E-state index in [-0.39, 0.29) is 0 Å². The maximum Gasteiger partial charge on any atom is -0.0228 e. The van der Waals surface area contributed by atoms with Crippen molar-refractivity contribution in [2.75, 3.05) is 0 Å². The van der Waals surface area contributed by atoms with Crippen LogP contribution in [0.3, 0.4) is 0 Å². The summed E-state index contributed by atoms with van der Waals surface area (Å²) in [5, 5.41) is 0. The molecule has 0 amide bonds. The fourth-order valence-electron chi connectivity index (χ4n) is 2.82. The lowest BCUT2D eigenvalue weighted by atomic mass is 9.91. The molecule has 0 heteroatoms. The van der Waals surface area contributed by atoms with Gasteiger partial charge in [-0.2, -0.15) is 0 Å². The Hall–Kier alpha value is -2.08. The summed E-state index contributed by atoms with van der Waals surface area (Å²) in [5.74, 6) is 0. The minimum atomic E-state index is 1.13. The summed E-state index contributed by atoms with van der Waals surface area (Å²) in [4.78, 5) is 0. The van der Waals surface area contributed by atoms with Crippen LogP contribution in [-0.4, -0.2) is 0 Å². The van der Waals surface area contributed by atoms with Crippen molar-refractivity contribution in [3.8, 4) is 0 Å². The van der Waals surface area contributed by atoms with E-state index in [1.54, 1.807) is 0 Å². The van der Waals surface area contributed by atoms with Crippen LogP contribution in [0.15, 0.2) is 72.8 Å². The molecule has 0 saturated heterocycles. The molecule has 3 rings (SSSR count). The molecule has 0 bridgehead atoms. The zero-order valence-electron chi connectivity index (χ0n) is 11.8. The highest BCUT2D eigenvalue weighted by Gasteiger charge is 2.07. The Morgan fingerprint density at radius 2 is 0.900 bits per heavy atom. The van der Waals surface area contributed by atoms with Crippen LogP contribution < -0.4 is 0 Å². The highest BCUT2D eigenvalue weighted by Crippen LogP contribution is 2.29. The molecule has 1 aliphatic carbocycles. The number of hydrogen-bond donors (Lipinski definition) is 0. The lowest BCUT2D eigenvalue weighted by Gasteiger charge is -2.14. The first-order valence-electron chi connectivity index (χ1n) is 7.42. The van der Waals surface area contributed by atoms with Gasteiger partial charge in [-0.1, -0.05) is 72.8 Å². The van der Waals surface area contributed by atoms with Crippen LogP contribution >= 0.6 is 0 Å². The lowest BCUT2D eigenvalue weighted by Crippen LogP contribution is -1.92. The Morgan fingerprint density at radius 3 is 1.30 bits per heavy atom. The molecule has 0 unspecified atom stereocenters. The van der Waals surface area contributed by atoms with Crippen molar-refractivity contribution in [1.29, 1.82) is 0 Å². The Kier molecular flexibility index (Phi) is 4.13. The number of hydrogen-bond acceptors (Lipinski definition) is 0. The van der Waals surface area contributed by atoms with E-state index in [0.29, 0.717) is 0 Å². The molecule has 1 aliphatic rings. The van der Waals surface area contributed by atoms with Gasteiger partial charge < -0.3 is 0 Å². The van der Waals surface area contributed by atoms with E-state index < -0.39 is 0 Å². The van der Waals surface area contributed by atoms with Gasteiger partial charge >= 0.3 is 0 Å². The van der Waals surface area contributed by atoms with Gasteiger partial charge in [-0.3, -0.25) is 0 Å². The van der Waals surface area contributed by atoms with Gasteiger partial charge in [0, 0.05) is 0 Å². The van der Waals surface area contributed by atoms with E-state index in [0.717, 1.165) is 25.7 Å². The van der Waals surface area contributed by atoms with Crippen LogP contribution in [0.4, 0.5) is 0 Å². The zero-order chi connectivity index (χ0) is 13.6. The SMILES string of the molecule is C1=C(c2ccccc2)CC/C(c2ccccc2)=C\CC1. The van der Waals surface area contributed by atoms with E-state index >= 15 is 0 Å². The third-order valence-electron chi connectivity index (χ3n) is 3.90. The second-order valence-electron chi connectivity index (χ2n) is 5.27. The Morgan fingerprint density at radius 1 is 0.500 bits per heavy atom. The molecule has 2 aromatic carbocycles. The third kappa shape index (κ3) is 3.08. The van der Waals surface area contributed by atoms with Gasteiger partial charge in [-0.25, -0.2) is 0 Å². The van der Waals surface area contributed by atoms with Crippen molar-refractivity contribution in [1.82, 2.24) is 0 Å². The average Bonchev–Trinajstić information content (AvgIpc) is 2.49. The van der Waals surface area contributed by atoms with Crippen LogP contribution in [0.2, 0.25) is 0 Å². The maximum atomic E-state index is 2.41. The second kappa shape index (κ2) is 6.38. The molecule has 0 heterocycles. The molecule has 0 atom stereocenters. The summed E-state index contributed by atoms with van der Waals surface area (Å²) in [5.41, 5.74) is 5.74. The Labute approximate surface area is 121 Å². The molecule has 0 saturated carbocycles. The Balaban J connectivity index is 1.79. The fraction of sp³-hybridized carbons (Fsp3) is 0.200. The average molecular weight is 260 g/mol. The van der Waals surface area contributed by atoms with Gasteiger partial charge in [-0.05, 0) is 48.0 Å². The maximum absolute atomic E-state index is 2.41. The molecule has 0 aliphatic heterocycles. The molecule has 0 nitrogen and oxygen atoms in total. The first-order chi connectivity index (χ1) is 9.93. The van der Waals surface area contributed by atoms with Crippen LogP contribution in [-0.2, 0) is 0 Å². The molecule has 0 aromatic heterocycles. The van der Waals surface area contributed by atoms with E-state index in [1.807, 2.05) is 0 Å². The number of allylic oxidation sites excluding steroid dienone is 4. The van der Waals surface area contributed by atoms with E-state index in [4.69, 9.17) is 0 Å². The van der Waals surface area contributed by atoms with Crippen LogP contribution in [0.25, 0.3) is 11.1 Å². The minimum absolute atomic E-state index is 1.13. The van der Waals surface area contributed by atoms with Crippen LogP contribution in [0.1, 0.15) is 36.8 Å². The molecule has 100 valence electrons. The first-order valence-corrected chi connectivity index (χ1v) is 7.42. The smallest absolute Gasteiger partial charge is 0.0228 e. The standard InChI is InChI=1S/C20H20/c1-3-9-17(10-4-1)19-13-7-8-14-20(16-15-19)18-11-5-2-6-12-18/h1-6,9-14H,7-8,15-16H2/b19-13+,20-14?. The number of rotatable bonds is 2. The van der Waals surface area contributed by atoms with Crippen molar-refractivity contribution in [3.63, 3.8) is 0 Å². The zero-order valence-corrected chi connectivity index (χ0v) is 11.8. The quantitative estimate of drug-likeness (QED) is 0.647. The first kappa shape index (κ1) is 12.9. The molecule has 2 aromatic rings. The number of benzene rings is 2. The molecular weight excluding hydrogens is 240 g/mol. The topological polar surface area (TPSA) is 0 Å². The molecule has 20 heavy (non-hydrogen) atoms. The van der Waals surface area contributed by atoms with Gasteiger partial charge in [0.2, 0.25) is 0 Å². The Bertz CT molecular complexity index is 546. The molecule has 0 radical (unpaired) electrons. The van der Waals surface area contributed by atoms with Gasteiger partial charge in [0.15, 0.2) is 0 Å².